The molecule has 0 aromatic carbocycles. The summed E-state index contributed by atoms with van der Waals surface area (Å²) >= 11 is 0. The van der Waals surface area contributed by atoms with Gasteiger partial charge in [0.05, 0.1) is 31.1 Å². The highest BCUT2D eigenvalue weighted by atomic mass is 16.6. The molecule has 1 saturated heterocycles. The molecule has 20 heavy (non-hydrogen) atoms. The molecule has 1 heterocycles. The summed E-state index contributed by atoms with van der Waals surface area (Å²) in [6.45, 7) is 7.87. The summed E-state index contributed by atoms with van der Waals surface area (Å²) in [6.07, 6.45) is 1.19. The van der Waals surface area contributed by atoms with Gasteiger partial charge in [-0.1, -0.05) is 20.8 Å². The van der Waals surface area contributed by atoms with Crippen molar-refractivity contribution in [3.63, 3.8) is 0 Å². The van der Waals surface area contributed by atoms with Crippen LogP contribution in [0.2, 0.25) is 0 Å². The number of nitrogens with one attached hydrogen (secondary N) is 1. The fourth-order valence-corrected chi connectivity index (χ4v) is 1.66. The van der Waals surface area contributed by atoms with Crippen LogP contribution in [0.25, 0.3) is 0 Å². The summed E-state index contributed by atoms with van der Waals surface area (Å²) in [5, 5.41) is 2.56. The number of carbonyl (C=O) groups excluding carboxylic acids is 2. The highest BCUT2D eigenvalue weighted by Gasteiger charge is 2.38. The summed E-state index contributed by atoms with van der Waals surface area (Å²) in [5.41, 5.74) is -0.0135. The van der Waals surface area contributed by atoms with Gasteiger partial charge in [-0.2, -0.15) is 0 Å². The fraction of sp³-hybridized carbons (Fsp3) is 0.857. The number of alkyl carbamates (subject to hydrolysis) is 1. The molecule has 0 saturated carbocycles. The second-order valence-electron chi connectivity index (χ2n) is 5.33. The molecule has 0 aromatic heterocycles. The Kier molecular flexibility index (Phi) is 6.78. The van der Waals surface area contributed by atoms with Crippen LogP contribution < -0.4 is 5.32 Å². The van der Waals surface area contributed by atoms with Gasteiger partial charge in [0.2, 0.25) is 0 Å². The predicted octanol–water partition coefficient (Wildman–Crippen LogP) is 1.73. The van der Waals surface area contributed by atoms with Crippen LogP contribution in [0, 0.1) is 11.3 Å². The predicted molar refractivity (Wildman–Crippen MR) is 73.3 cm³/mol. The van der Waals surface area contributed by atoms with Crippen LogP contribution in [0.1, 0.15) is 33.6 Å². The van der Waals surface area contributed by atoms with Crippen molar-refractivity contribution in [2.24, 2.45) is 11.3 Å². The van der Waals surface area contributed by atoms with Crippen molar-refractivity contribution in [1.29, 1.82) is 0 Å². The van der Waals surface area contributed by atoms with Crippen LogP contribution >= 0.6 is 0 Å². The van der Waals surface area contributed by atoms with Gasteiger partial charge in [0.25, 0.3) is 0 Å². The molecule has 1 unspecified atom stereocenters. The molecule has 0 aliphatic carbocycles. The topological polar surface area (TPSA) is 73.9 Å². The molecular formula is C14H25NO5. The van der Waals surface area contributed by atoms with E-state index >= 15 is 0 Å². The van der Waals surface area contributed by atoms with Gasteiger partial charge in [0.15, 0.2) is 0 Å². The zero-order chi connectivity index (χ0) is 15.0. The van der Waals surface area contributed by atoms with Gasteiger partial charge in [0.1, 0.15) is 13.2 Å². The average molecular weight is 287 g/mol. The monoisotopic (exact) mass is 287 g/mol. The molecule has 6 nitrogen and oxygen atoms in total. The lowest BCUT2D eigenvalue weighted by Gasteiger charge is -2.39. The van der Waals surface area contributed by atoms with E-state index in [1.807, 2.05) is 13.8 Å². The number of hydrogen-bond acceptors (Lipinski definition) is 5. The van der Waals surface area contributed by atoms with Gasteiger partial charge in [-0.25, -0.2) is 4.79 Å². The minimum Gasteiger partial charge on any atom is -0.464 e. The first kappa shape index (κ1) is 16.8. The lowest BCUT2D eigenvalue weighted by atomic mass is 9.84. The van der Waals surface area contributed by atoms with Crippen LogP contribution in [0.3, 0.4) is 0 Å². The van der Waals surface area contributed by atoms with Gasteiger partial charge in [-0.05, 0) is 12.8 Å². The Balaban J connectivity index is 2.07. The van der Waals surface area contributed by atoms with Gasteiger partial charge in [-0.15, -0.1) is 0 Å². The third-order valence-electron chi connectivity index (χ3n) is 3.71. The standard InChI is InChI=1S/C14H25NO5/c1-4-11(3)12(16)19-7-6-15-13(17)20-10-14(5-2)8-18-9-14/h11H,4-10H2,1-3H3,(H,15,17). The number of amides is 1. The maximum absolute atomic E-state index is 11.5. The Morgan fingerprint density at radius 3 is 2.50 bits per heavy atom. The third kappa shape index (κ3) is 5.00. The van der Waals surface area contributed by atoms with Gasteiger partial charge >= 0.3 is 12.1 Å². The number of esters is 1. The van der Waals surface area contributed by atoms with E-state index in [1.165, 1.54) is 0 Å². The van der Waals surface area contributed by atoms with Crippen molar-refractivity contribution in [3.05, 3.63) is 0 Å². The molecule has 1 rings (SSSR count). The van der Waals surface area contributed by atoms with Gasteiger partial charge in [0, 0.05) is 0 Å². The molecule has 1 N–H and O–H groups in total. The average Bonchev–Trinajstić information content (AvgIpc) is 2.41. The molecule has 6 heteroatoms. The van der Waals surface area contributed by atoms with Crippen LogP contribution in [-0.4, -0.2) is 45.0 Å². The van der Waals surface area contributed by atoms with Gasteiger partial charge in [-0.3, -0.25) is 4.79 Å². The number of hydrogen-bond donors (Lipinski definition) is 1. The first-order valence-corrected chi connectivity index (χ1v) is 7.18. The quantitative estimate of drug-likeness (QED) is 0.543. The minimum atomic E-state index is -0.482. The Morgan fingerprint density at radius 1 is 1.30 bits per heavy atom. The molecule has 1 atom stereocenters. The maximum atomic E-state index is 11.5. The fourth-order valence-electron chi connectivity index (χ4n) is 1.66. The Labute approximate surface area is 120 Å². The molecular weight excluding hydrogens is 262 g/mol. The largest absolute Gasteiger partial charge is 0.464 e. The molecule has 1 amide bonds. The molecule has 0 spiro atoms. The molecule has 0 aromatic rings. The molecule has 116 valence electrons. The summed E-state index contributed by atoms with van der Waals surface area (Å²) in [7, 11) is 0. The molecule has 0 bridgehead atoms. The Bertz CT molecular complexity index is 322. The Morgan fingerprint density at radius 2 is 2.00 bits per heavy atom. The van der Waals surface area contributed by atoms with Crippen molar-refractivity contribution < 1.29 is 23.8 Å². The SMILES string of the molecule is CCC(C)C(=O)OCCNC(=O)OCC1(CC)COC1. The van der Waals surface area contributed by atoms with Crippen molar-refractivity contribution in [1.82, 2.24) is 5.32 Å². The van der Waals surface area contributed by atoms with Crippen LogP contribution in [0.5, 0.6) is 0 Å². The zero-order valence-electron chi connectivity index (χ0n) is 12.6. The summed E-state index contributed by atoms with van der Waals surface area (Å²) in [5.74, 6) is -0.343. The zero-order valence-corrected chi connectivity index (χ0v) is 12.6. The van der Waals surface area contributed by atoms with Crippen LogP contribution in [0.15, 0.2) is 0 Å². The first-order chi connectivity index (χ1) is 9.53. The number of carbonyl (C=O) groups is 2. The van der Waals surface area contributed by atoms with E-state index < -0.39 is 6.09 Å². The van der Waals surface area contributed by atoms with Crippen LogP contribution in [-0.2, 0) is 19.0 Å². The van der Waals surface area contributed by atoms with Crippen molar-refractivity contribution >= 4 is 12.1 Å². The van der Waals surface area contributed by atoms with E-state index in [0.29, 0.717) is 19.8 Å². The molecule has 1 aliphatic heterocycles. The second kappa shape index (κ2) is 8.09. The number of rotatable bonds is 8. The van der Waals surface area contributed by atoms with Crippen molar-refractivity contribution in [3.8, 4) is 0 Å². The second-order valence-corrected chi connectivity index (χ2v) is 5.33. The lowest BCUT2D eigenvalue weighted by Crippen LogP contribution is -2.47. The minimum absolute atomic E-state index is 0.0135. The van der Waals surface area contributed by atoms with E-state index in [-0.39, 0.29) is 30.5 Å². The molecule has 0 radical (unpaired) electrons. The first-order valence-electron chi connectivity index (χ1n) is 7.18. The van der Waals surface area contributed by atoms with E-state index in [0.717, 1.165) is 12.8 Å². The summed E-state index contributed by atoms with van der Waals surface area (Å²) in [4.78, 5) is 22.8. The van der Waals surface area contributed by atoms with E-state index in [1.54, 1.807) is 0 Å². The molecule has 1 aliphatic rings. The van der Waals surface area contributed by atoms with E-state index in [9.17, 15) is 9.59 Å². The maximum Gasteiger partial charge on any atom is 0.407 e. The van der Waals surface area contributed by atoms with E-state index in [2.05, 4.69) is 12.2 Å². The highest BCUT2D eigenvalue weighted by Crippen LogP contribution is 2.31. The van der Waals surface area contributed by atoms with Crippen molar-refractivity contribution in [2.75, 3.05) is 33.0 Å². The number of ether oxygens (including phenoxy) is 3. The van der Waals surface area contributed by atoms with E-state index in [4.69, 9.17) is 14.2 Å². The van der Waals surface area contributed by atoms with Crippen LogP contribution in [0.4, 0.5) is 4.79 Å². The lowest BCUT2D eigenvalue weighted by molar-refractivity contribution is -0.148. The smallest absolute Gasteiger partial charge is 0.407 e. The highest BCUT2D eigenvalue weighted by molar-refractivity contribution is 5.72. The Hall–Kier alpha value is -1.30. The van der Waals surface area contributed by atoms with Crippen molar-refractivity contribution in [2.45, 2.75) is 33.6 Å². The van der Waals surface area contributed by atoms with Gasteiger partial charge < -0.3 is 19.5 Å². The summed E-state index contributed by atoms with van der Waals surface area (Å²) < 4.78 is 15.3. The normalized spacial score (nSPS) is 17.8. The molecule has 1 fully saturated rings. The summed E-state index contributed by atoms with van der Waals surface area (Å²) in [6, 6.07) is 0. The third-order valence-corrected chi connectivity index (χ3v) is 3.71.